The van der Waals surface area contributed by atoms with Crippen LogP contribution in [0.4, 0.5) is 5.69 Å². The zero-order chi connectivity index (χ0) is 19.4. The lowest BCUT2D eigenvalue weighted by Gasteiger charge is -2.58. The van der Waals surface area contributed by atoms with Crippen LogP contribution in [0.3, 0.4) is 0 Å². The van der Waals surface area contributed by atoms with Gasteiger partial charge in [0.2, 0.25) is 0 Å². The summed E-state index contributed by atoms with van der Waals surface area (Å²) < 4.78 is 0. The highest BCUT2D eigenvalue weighted by Gasteiger charge is 2.50. The summed E-state index contributed by atoms with van der Waals surface area (Å²) in [4.78, 5) is 11.8. The second-order valence-electron chi connectivity index (χ2n) is 9.23. The van der Waals surface area contributed by atoms with E-state index in [1.807, 2.05) is 17.4 Å². The minimum atomic E-state index is 0.457. The molecule has 6 heteroatoms. The van der Waals surface area contributed by atoms with Crippen molar-refractivity contribution in [3.8, 4) is 0 Å². The molecule has 6 rings (SSSR count). The van der Waals surface area contributed by atoms with Crippen molar-refractivity contribution in [2.45, 2.75) is 31.7 Å². The Balaban J connectivity index is 1.17. The lowest BCUT2D eigenvalue weighted by atomic mass is 9.61. The Morgan fingerprint density at radius 1 is 1.17 bits per heavy atom. The number of aliphatic imine (C=N–C) groups is 1. The molecule has 4 heterocycles. The Morgan fingerprint density at radius 2 is 2.07 bits per heavy atom. The summed E-state index contributed by atoms with van der Waals surface area (Å²) >= 11 is 0. The fourth-order valence-electron chi connectivity index (χ4n) is 5.60. The van der Waals surface area contributed by atoms with Crippen LogP contribution < -0.4 is 15.8 Å². The largest absolute Gasteiger partial charge is 0.316 e. The SMILES string of the molecule is C=C1N=C(C2CCCN(C3CC4(CNC4)C3)C2)NN1c1cccc2cnccc12. The van der Waals surface area contributed by atoms with E-state index in [4.69, 9.17) is 4.99 Å². The Labute approximate surface area is 171 Å². The fraction of sp³-hybridized carbons (Fsp3) is 0.478. The number of aromatic nitrogens is 1. The van der Waals surface area contributed by atoms with E-state index in [-0.39, 0.29) is 0 Å². The fourth-order valence-corrected chi connectivity index (χ4v) is 5.60. The molecular formula is C23H28N6. The third-order valence-corrected chi connectivity index (χ3v) is 7.33. The van der Waals surface area contributed by atoms with Gasteiger partial charge in [0, 0.05) is 54.8 Å². The van der Waals surface area contributed by atoms with E-state index < -0.39 is 0 Å². The summed E-state index contributed by atoms with van der Waals surface area (Å²) in [5.74, 6) is 2.30. The number of fused-ring (bicyclic) bond motifs is 1. The summed E-state index contributed by atoms with van der Waals surface area (Å²) in [5, 5.41) is 7.77. The predicted molar refractivity (Wildman–Crippen MR) is 117 cm³/mol. The standard InChI is InChI=1S/C23H28N6/c1-16-26-22(27-29(16)21-6-2-4-17-12-24-8-7-20(17)21)18-5-3-9-28(13-18)19-10-23(11-19)14-25-15-23/h2,4,6-8,12,18-19,25H,1,3,5,9-11,13-15H2,(H,26,27). The van der Waals surface area contributed by atoms with Crippen LogP contribution in [-0.2, 0) is 0 Å². The molecular weight excluding hydrogens is 360 g/mol. The molecule has 150 valence electrons. The van der Waals surface area contributed by atoms with E-state index in [2.05, 4.69) is 51.5 Å². The minimum absolute atomic E-state index is 0.457. The highest BCUT2D eigenvalue weighted by Crippen LogP contribution is 2.47. The van der Waals surface area contributed by atoms with Gasteiger partial charge in [0.05, 0.1) is 5.69 Å². The van der Waals surface area contributed by atoms with Gasteiger partial charge in [-0.15, -0.1) is 0 Å². The van der Waals surface area contributed by atoms with E-state index >= 15 is 0 Å². The maximum Gasteiger partial charge on any atom is 0.146 e. The van der Waals surface area contributed by atoms with Gasteiger partial charge < -0.3 is 5.32 Å². The molecule has 0 bridgehead atoms. The van der Waals surface area contributed by atoms with Gasteiger partial charge in [0.25, 0.3) is 0 Å². The van der Waals surface area contributed by atoms with Crippen molar-refractivity contribution in [3.63, 3.8) is 0 Å². The first-order chi connectivity index (χ1) is 14.2. The number of hydrogen-bond donors (Lipinski definition) is 2. The molecule has 2 aromatic rings. The van der Waals surface area contributed by atoms with Crippen LogP contribution in [0.5, 0.6) is 0 Å². The summed E-state index contributed by atoms with van der Waals surface area (Å²) in [6, 6.07) is 9.10. The quantitative estimate of drug-likeness (QED) is 0.847. The zero-order valence-corrected chi connectivity index (χ0v) is 16.8. The molecule has 6 nitrogen and oxygen atoms in total. The van der Waals surface area contributed by atoms with Crippen LogP contribution in [0.15, 0.2) is 54.1 Å². The van der Waals surface area contributed by atoms with Crippen LogP contribution in [0, 0.1) is 11.3 Å². The first-order valence-electron chi connectivity index (χ1n) is 10.8. The van der Waals surface area contributed by atoms with Crippen LogP contribution in [-0.4, -0.2) is 47.9 Å². The maximum absolute atomic E-state index is 4.86. The smallest absolute Gasteiger partial charge is 0.146 e. The average Bonchev–Trinajstić information content (AvgIpc) is 3.07. The monoisotopic (exact) mass is 388 g/mol. The van der Waals surface area contributed by atoms with Crippen LogP contribution in [0.25, 0.3) is 10.8 Å². The molecule has 0 amide bonds. The van der Waals surface area contributed by atoms with Crippen LogP contribution in [0.1, 0.15) is 25.7 Å². The summed E-state index contributed by atoms with van der Waals surface area (Å²) in [6.45, 7) is 9.02. The molecule has 0 radical (unpaired) electrons. The number of pyridine rings is 1. The number of piperidine rings is 1. The number of rotatable bonds is 3. The van der Waals surface area contributed by atoms with Gasteiger partial charge in [-0.1, -0.05) is 18.7 Å². The molecule has 1 aromatic heterocycles. The Kier molecular flexibility index (Phi) is 3.93. The zero-order valence-electron chi connectivity index (χ0n) is 16.8. The van der Waals surface area contributed by atoms with Gasteiger partial charge in [0.1, 0.15) is 11.7 Å². The molecule has 3 aliphatic heterocycles. The molecule has 1 atom stereocenters. The lowest BCUT2D eigenvalue weighted by Crippen LogP contribution is -2.66. The molecule has 1 aliphatic carbocycles. The third-order valence-electron chi connectivity index (χ3n) is 7.33. The number of nitrogens with zero attached hydrogens (tertiary/aromatic N) is 4. The Hall–Kier alpha value is -2.44. The topological polar surface area (TPSA) is 55.8 Å². The molecule has 1 unspecified atom stereocenters. The van der Waals surface area contributed by atoms with Crippen LogP contribution >= 0.6 is 0 Å². The number of amidine groups is 1. The van der Waals surface area contributed by atoms with Crippen molar-refractivity contribution in [3.05, 3.63) is 49.1 Å². The maximum atomic E-state index is 4.86. The number of hydrogen-bond acceptors (Lipinski definition) is 6. The van der Waals surface area contributed by atoms with E-state index in [1.54, 1.807) is 0 Å². The number of benzene rings is 1. The van der Waals surface area contributed by atoms with E-state index in [9.17, 15) is 0 Å². The van der Waals surface area contributed by atoms with Crippen molar-refractivity contribution >= 4 is 22.3 Å². The van der Waals surface area contributed by atoms with Gasteiger partial charge >= 0.3 is 0 Å². The second kappa shape index (κ2) is 6.54. The Bertz CT molecular complexity index is 981. The van der Waals surface area contributed by atoms with Gasteiger partial charge in [-0.05, 0) is 49.8 Å². The van der Waals surface area contributed by atoms with E-state index in [0.29, 0.717) is 11.3 Å². The minimum Gasteiger partial charge on any atom is -0.316 e. The summed E-state index contributed by atoms with van der Waals surface area (Å²) in [5.41, 5.74) is 5.30. The van der Waals surface area contributed by atoms with Gasteiger partial charge in [-0.2, -0.15) is 0 Å². The lowest BCUT2D eigenvalue weighted by molar-refractivity contribution is -0.0451. The van der Waals surface area contributed by atoms with Gasteiger partial charge in [0.15, 0.2) is 0 Å². The number of anilines is 1. The average molecular weight is 389 g/mol. The third kappa shape index (κ3) is 2.85. The van der Waals surface area contributed by atoms with Crippen molar-refractivity contribution in [2.75, 3.05) is 31.2 Å². The Morgan fingerprint density at radius 3 is 2.90 bits per heavy atom. The normalized spacial score (nSPS) is 26.9. The number of hydrazine groups is 1. The first-order valence-corrected chi connectivity index (χ1v) is 10.8. The van der Waals surface area contributed by atoms with Gasteiger partial charge in [-0.3, -0.25) is 15.3 Å². The van der Waals surface area contributed by atoms with Crippen molar-refractivity contribution in [2.24, 2.45) is 16.3 Å². The van der Waals surface area contributed by atoms with Gasteiger partial charge in [-0.25, -0.2) is 10.0 Å². The summed E-state index contributed by atoms with van der Waals surface area (Å²) in [6.07, 6.45) is 8.93. The molecule has 2 saturated heterocycles. The molecule has 4 aliphatic rings. The number of nitrogens with one attached hydrogen (secondary N) is 2. The first kappa shape index (κ1) is 17.4. The van der Waals surface area contributed by atoms with Crippen molar-refractivity contribution < 1.29 is 0 Å². The van der Waals surface area contributed by atoms with Crippen molar-refractivity contribution in [1.29, 1.82) is 0 Å². The highest BCUT2D eigenvalue weighted by atomic mass is 15.6. The second-order valence-corrected chi connectivity index (χ2v) is 9.23. The number of likely N-dealkylation sites (tertiary alicyclic amines) is 1. The van der Waals surface area contributed by atoms with E-state index in [0.717, 1.165) is 40.7 Å². The molecule has 29 heavy (non-hydrogen) atoms. The van der Waals surface area contributed by atoms with E-state index in [1.165, 1.54) is 45.3 Å². The highest BCUT2D eigenvalue weighted by molar-refractivity contribution is 5.98. The van der Waals surface area contributed by atoms with Crippen LogP contribution in [0.2, 0.25) is 0 Å². The molecule has 1 spiro atoms. The molecule has 2 N–H and O–H groups in total. The molecule has 1 saturated carbocycles. The molecule has 3 fully saturated rings. The molecule has 1 aromatic carbocycles. The predicted octanol–water partition coefficient (Wildman–Crippen LogP) is 2.89. The summed E-state index contributed by atoms with van der Waals surface area (Å²) in [7, 11) is 0. The van der Waals surface area contributed by atoms with Crippen molar-refractivity contribution in [1.82, 2.24) is 20.6 Å².